The zero-order valence-corrected chi connectivity index (χ0v) is 15.2. The molecule has 1 aromatic heterocycles. The molecule has 0 aromatic carbocycles. The third-order valence-corrected chi connectivity index (χ3v) is 5.10. The number of likely N-dealkylation sites (tertiary alicyclic amines) is 1. The van der Waals surface area contributed by atoms with Crippen molar-refractivity contribution in [3.05, 3.63) is 29.6 Å². The molecule has 3 rings (SSSR count). The third-order valence-electron chi connectivity index (χ3n) is 5.10. The van der Waals surface area contributed by atoms with E-state index in [-0.39, 0.29) is 0 Å². The fourth-order valence-electron chi connectivity index (χ4n) is 3.74. The molecule has 132 valence electrons. The maximum absolute atomic E-state index is 4.89. The van der Waals surface area contributed by atoms with E-state index in [0.29, 0.717) is 5.92 Å². The molecule has 1 N–H and O–H groups in total. The summed E-state index contributed by atoms with van der Waals surface area (Å²) in [6.07, 6.45) is 14.1. The van der Waals surface area contributed by atoms with Crippen molar-refractivity contribution in [1.82, 2.24) is 20.0 Å². The predicted octanol–water partition coefficient (Wildman–Crippen LogP) is 3.07. The molecule has 1 atom stereocenters. The van der Waals surface area contributed by atoms with Crippen LogP contribution in [0.3, 0.4) is 0 Å². The number of rotatable bonds is 5. The van der Waals surface area contributed by atoms with Gasteiger partial charge in [-0.2, -0.15) is 5.10 Å². The summed E-state index contributed by atoms with van der Waals surface area (Å²) in [6.45, 7) is 6.10. The molecular formula is C19H31N5. The van der Waals surface area contributed by atoms with Crippen LogP contribution in [0, 0.1) is 0 Å². The zero-order valence-electron chi connectivity index (χ0n) is 15.2. The number of nitrogens with zero attached hydrogens (tertiary/aromatic N) is 4. The van der Waals surface area contributed by atoms with E-state index in [1.54, 1.807) is 5.57 Å². The Balaban J connectivity index is 1.56. The SMILES string of the molecule is CCNC(=NCCC1=CCCCC1)N1CCC(c2cnn(C)c2)C1. The van der Waals surface area contributed by atoms with E-state index in [4.69, 9.17) is 4.99 Å². The maximum atomic E-state index is 4.89. The Bertz CT molecular complexity index is 586. The number of hydrogen-bond acceptors (Lipinski definition) is 2. The van der Waals surface area contributed by atoms with Crippen LogP contribution >= 0.6 is 0 Å². The minimum absolute atomic E-state index is 0.573. The molecular weight excluding hydrogens is 298 g/mol. The molecule has 0 bridgehead atoms. The van der Waals surface area contributed by atoms with E-state index < -0.39 is 0 Å². The fraction of sp³-hybridized carbons (Fsp3) is 0.684. The first-order chi connectivity index (χ1) is 11.8. The summed E-state index contributed by atoms with van der Waals surface area (Å²) in [6, 6.07) is 0. The van der Waals surface area contributed by atoms with Gasteiger partial charge < -0.3 is 10.2 Å². The summed E-state index contributed by atoms with van der Waals surface area (Å²) in [4.78, 5) is 7.31. The first-order valence-electron chi connectivity index (χ1n) is 9.46. The molecule has 24 heavy (non-hydrogen) atoms. The number of guanidine groups is 1. The smallest absolute Gasteiger partial charge is 0.193 e. The lowest BCUT2D eigenvalue weighted by atomic mass is 9.97. The molecule has 1 saturated heterocycles. The van der Waals surface area contributed by atoms with Crippen molar-refractivity contribution in [3.63, 3.8) is 0 Å². The number of aromatic nitrogens is 2. The van der Waals surface area contributed by atoms with Crippen LogP contribution in [0.2, 0.25) is 0 Å². The minimum Gasteiger partial charge on any atom is -0.357 e. The fourth-order valence-corrected chi connectivity index (χ4v) is 3.74. The van der Waals surface area contributed by atoms with Crippen LogP contribution in [0.4, 0.5) is 0 Å². The van der Waals surface area contributed by atoms with Crippen LogP contribution in [0.5, 0.6) is 0 Å². The number of allylic oxidation sites excluding steroid dienone is 1. The van der Waals surface area contributed by atoms with E-state index >= 15 is 0 Å². The number of hydrogen-bond donors (Lipinski definition) is 1. The highest BCUT2D eigenvalue weighted by molar-refractivity contribution is 5.80. The van der Waals surface area contributed by atoms with E-state index in [9.17, 15) is 0 Å². The van der Waals surface area contributed by atoms with Gasteiger partial charge in [0, 0.05) is 45.3 Å². The Morgan fingerprint density at radius 3 is 3.04 bits per heavy atom. The van der Waals surface area contributed by atoms with Crippen LogP contribution in [0.1, 0.15) is 56.9 Å². The third kappa shape index (κ3) is 4.40. The topological polar surface area (TPSA) is 45.5 Å². The van der Waals surface area contributed by atoms with Crippen LogP contribution < -0.4 is 5.32 Å². The van der Waals surface area contributed by atoms with Gasteiger partial charge in [0.25, 0.3) is 0 Å². The Kier molecular flexibility index (Phi) is 5.94. The zero-order chi connectivity index (χ0) is 16.8. The van der Waals surface area contributed by atoms with Gasteiger partial charge in [-0.1, -0.05) is 11.6 Å². The molecule has 2 aliphatic rings. The van der Waals surface area contributed by atoms with E-state index in [2.05, 4.69) is 34.5 Å². The van der Waals surface area contributed by atoms with Gasteiger partial charge in [0.15, 0.2) is 5.96 Å². The van der Waals surface area contributed by atoms with Crippen LogP contribution in [-0.2, 0) is 7.05 Å². The van der Waals surface area contributed by atoms with E-state index in [1.807, 2.05) is 17.9 Å². The highest BCUT2D eigenvalue weighted by atomic mass is 15.3. The van der Waals surface area contributed by atoms with Gasteiger partial charge in [-0.05, 0) is 51.0 Å². The van der Waals surface area contributed by atoms with E-state index in [1.165, 1.54) is 37.7 Å². The largest absolute Gasteiger partial charge is 0.357 e. The quantitative estimate of drug-likeness (QED) is 0.513. The van der Waals surface area contributed by atoms with Gasteiger partial charge in [-0.3, -0.25) is 9.67 Å². The average Bonchev–Trinajstić information content (AvgIpc) is 3.24. The molecule has 0 saturated carbocycles. The van der Waals surface area contributed by atoms with Crippen LogP contribution in [0.15, 0.2) is 29.0 Å². The van der Waals surface area contributed by atoms with Crippen LogP contribution in [0.25, 0.3) is 0 Å². The van der Waals surface area contributed by atoms with Crippen molar-refractivity contribution in [2.45, 2.75) is 51.4 Å². The molecule has 1 aliphatic carbocycles. The second-order valence-corrected chi connectivity index (χ2v) is 6.97. The number of aliphatic imine (C=N–C) groups is 1. The average molecular weight is 329 g/mol. The predicted molar refractivity (Wildman–Crippen MR) is 99.3 cm³/mol. The van der Waals surface area contributed by atoms with Crippen molar-refractivity contribution in [3.8, 4) is 0 Å². The van der Waals surface area contributed by atoms with Gasteiger partial charge >= 0.3 is 0 Å². The Hall–Kier alpha value is -1.78. The van der Waals surface area contributed by atoms with E-state index in [0.717, 1.165) is 38.6 Å². The molecule has 2 heterocycles. The molecule has 0 spiro atoms. The standard InChI is InChI=1S/C19H31N5/c1-3-20-19(21-11-9-16-7-5-4-6-8-16)24-12-10-17(15-24)18-13-22-23(2)14-18/h7,13-14,17H,3-6,8-12,15H2,1-2H3,(H,20,21). The summed E-state index contributed by atoms with van der Waals surface area (Å²) in [5.41, 5.74) is 2.96. The minimum atomic E-state index is 0.573. The first-order valence-corrected chi connectivity index (χ1v) is 9.46. The molecule has 1 aromatic rings. The van der Waals surface area contributed by atoms with Crippen molar-refractivity contribution in [1.29, 1.82) is 0 Å². The molecule has 0 amide bonds. The van der Waals surface area contributed by atoms with Gasteiger partial charge in [0.05, 0.1) is 6.20 Å². The van der Waals surface area contributed by atoms with Gasteiger partial charge in [-0.25, -0.2) is 0 Å². The highest BCUT2D eigenvalue weighted by Crippen LogP contribution is 2.26. The van der Waals surface area contributed by atoms with Crippen molar-refractivity contribution >= 4 is 5.96 Å². The maximum Gasteiger partial charge on any atom is 0.193 e. The Morgan fingerprint density at radius 1 is 1.42 bits per heavy atom. The molecule has 5 heteroatoms. The summed E-state index contributed by atoms with van der Waals surface area (Å²) >= 11 is 0. The lowest BCUT2D eigenvalue weighted by Gasteiger charge is -2.22. The number of aryl methyl sites for hydroxylation is 1. The van der Waals surface area contributed by atoms with Crippen molar-refractivity contribution in [2.75, 3.05) is 26.2 Å². The lowest BCUT2D eigenvalue weighted by molar-refractivity contribution is 0.486. The lowest BCUT2D eigenvalue weighted by Crippen LogP contribution is -2.40. The van der Waals surface area contributed by atoms with Gasteiger partial charge in [-0.15, -0.1) is 0 Å². The van der Waals surface area contributed by atoms with Gasteiger partial charge in [0.1, 0.15) is 0 Å². The second kappa shape index (κ2) is 8.36. The molecule has 1 aliphatic heterocycles. The molecule has 0 radical (unpaired) electrons. The summed E-state index contributed by atoms with van der Waals surface area (Å²) in [5, 5.41) is 7.79. The van der Waals surface area contributed by atoms with Crippen molar-refractivity contribution < 1.29 is 0 Å². The summed E-state index contributed by atoms with van der Waals surface area (Å²) in [7, 11) is 1.99. The Labute approximate surface area is 145 Å². The molecule has 1 fully saturated rings. The first kappa shape index (κ1) is 17.1. The normalized spacial score (nSPS) is 21.9. The highest BCUT2D eigenvalue weighted by Gasteiger charge is 2.26. The second-order valence-electron chi connectivity index (χ2n) is 6.97. The summed E-state index contributed by atoms with van der Waals surface area (Å²) in [5.74, 6) is 1.66. The summed E-state index contributed by atoms with van der Waals surface area (Å²) < 4.78 is 1.90. The Morgan fingerprint density at radius 2 is 2.33 bits per heavy atom. The van der Waals surface area contributed by atoms with Gasteiger partial charge in [0.2, 0.25) is 0 Å². The van der Waals surface area contributed by atoms with Crippen molar-refractivity contribution in [2.24, 2.45) is 12.0 Å². The molecule has 5 nitrogen and oxygen atoms in total. The number of nitrogens with one attached hydrogen (secondary N) is 1. The van der Waals surface area contributed by atoms with Crippen LogP contribution in [-0.4, -0.2) is 46.8 Å². The molecule has 1 unspecified atom stereocenters. The monoisotopic (exact) mass is 329 g/mol.